The first kappa shape index (κ1) is 15.9. The molecule has 0 N–H and O–H groups in total. The number of carbonyl (C=O) groups is 1. The van der Waals surface area contributed by atoms with Crippen LogP contribution in [0.25, 0.3) is 21.8 Å². The minimum atomic E-state index is -1.00. The highest BCUT2D eigenvalue weighted by Crippen LogP contribution is 2.18. The lowest BCUT2D eigenvalue weighted by Crippen LogP contribution is -2.45. The number of carboxylic acid groups (broad SMARTS) is 1. The molecule has 4 nitrogen and oxygen atoms in total. The number of fused-ring (bicyclic) bond motifs is 2. The summed E-state index contributed by atoms with van der Waals surface area (Å²) in [6.07, 6.45) is 0. The van der Waals surface area contributed by atoms with Crippen LogP contribution < -0.4 is 5.11 Å². The van der Waals surface area contributed by atoms with E-state index in [1.54, 1.807) is 21.1 Å². The highest BCUT2D eigenvalue weighted by molar-refractivity contribution is 5.92. The molecule has 0 fully saturated rings. The predicted octanol–water partition coefficient (Wildman–Crippen LogP) is 1.83. The molecular weight excluding hydrogens is 276 g/mol. The van der Waals surface area contributed by atoms with E-state index in [-0.39, 0.29) is 6.54 Å². The molecular formula is C18H20N2O2. The Kier molecular flexibility index (Phi) is 4.73. The van der Waals surface area contributed by atoms with E-state index in [1.165, 1.54) is 10.8 Å². The molecule has 0 aliphatic heterocycles. The monoisotopic (exact) mass is 296 g/mol. The van der Waals surface area contributed by atoms with Gasteiger partial charge < -0.3 is 14.4 Å². The Morgan fingerprint density at radius 3 is 1.77 bits per heavy atom. The van der Waals surface area contributed by atoms with Crippen LogP contribution in [-0.2, 0) is 4.79 Å². The van der Waals surface area contributed by atoms with E-state index in [1.807, 2.05) is 36.4 Å². The zero-order chi connectivity index (χ0) is 16.2. The molecule has 0 aliphatic carbocycles. The molecule has 1 heterocycles. The number of aliphatic carboxylic acids is 1. The van der Waals surface area contributed by atoms with Gasteiger partial charge in [0.05, 0.1) is 38.1 Å². The largest absolute Gasteiger partial charge is 0.544 e. The van der Waals surface area contributed by atoms with Gasteiger partial charge in [-0.3, -0.25) is 0 Å². The Hall–Kier alpha value is -2.46. The van der Waals surface area contributed by atoms with Crippen LogP contribution in [0.1, 0.15) is 0 Å². The van der Waals surface area contributed by atoms with Gasteiger partial charge in [-0.05, 0) is 18.2 Å². The van der Waals surface area contributed by atoms with Gasteiger partial charge in [0.25, 0.3) is 0 Å². The fourth-order valence-corrected chi connectivity index (χ4v) is 2.11. The van der Waals surface area contributed by atoms with Crippen molar-refractivity contribution in [3.8, 4) is 0 Å². The first-order valence-electron chi connectivity index (χ1n) is 7.10. The number of pyridine rings is 1. The van der Waals surface area contributed by atoms with Crippen molar-refractivity contribution in [2.45, 2.75) is 0 Å². The van der Waals surface area contributed by atoms with Gasteiger partial charge in [-0.25, -0.2) is 4.98 Å². The average molecular weight is 296 g/mol. The molecule has 0 bridgehead atoms. The summed E-state index contributed by atoms with van der Waals surface area (Å²) in [4.78, 5) is 14.5. The Bertz CT molecular complexity index is 687. The van der Waals surface area contributed by atoms with Crippen LogP contribution in [0.15, 0.2) is 54.6 Å². The number of aromatic nitrogens is 1. The van der Waals surface area contributed by atoms with E-state index in [2.05, 4.69) is 23.2 Å². The van der Waals surface area contributed by atoms with Crippen LogP contribution in [0.4, 0.5) is 0 Å². The maximum absolute atomic E-state index is 9.89. The normalized spacial score (nSPS) is 11.0. The molecule has 3 aromatic rings. The summed E-state index contributed by atoms with van der Waals surface area (Å²) in [6, 6.07) is 18.6. The Morgan fingerprint density at radius 1 is 0.955 bits per heavy atom. The third kappa shape index (κ3) is 4.53. The van der Waals surface area contributed by atoms with Gasteiger partial charge in [0.2, 0.25) is 0 Å². The first-order valence-corrected chi connectivity index (χ1v) is 7.10. The molecule has 0 amide bonds. The van der Waals surface area contributed by atoms with Crippen LogP contribution in [0.5, 0.6) is 0 Å². The number of hydrogen-bond acceptors (Lipinski definition) is 3. The van der Waals surface area contributed by atoms with E-state index in [0.717, 1.165) is 11.0 Å². The molecule has 3 rings (SSSR count). The molecule has 0 aliphatic rings. The second-order valence-corrected chi connectivity index (χ2v) is 6.19. The number of rotatable bonds is 2. The number of likely N-dealkylation sites (N-methyl/N-ethyl adjacent to an activating group) is 1. The lowest BCUT2D eigenvalue weighted by molar-refractivity contribution is -0.864. The van der Waals surface area contributed by atoms with Crippen molar-refractivity contribution < 1.29 is 14.4 Å². The number of carbonyl (C=O) groups excluding carboxylic acids is 1. The third-order valence-electron chi connectivity index (χ3n) is 3.03. The molecule has 0 saturated carbocycles. The van der Waals surface area contributed by atoms with Crippen LogP contribution in [-0.4, -0.2) is 43.1 Å². The summed E-state index contributed by atoms with van der Waals surface area (Å²) < 4.78 is 0.419. The van der Waals surface area contributed by atoms with Gasteiger partial charge in [0.15, 0.2) is 0 Å². The number of carboxylic acids is 1. The van der Waals surface area contributed by atoms with Crippen molar-refractivity contribution in [1.82, 2.24) is 4.98 Å². The summed E-state index contributed by atoms with van der Waals surface area (Å²) in [5.41, 5.74) is 2.12. The number of nitrogens with zero attached hydrogens (tertiary/aromatic N) is 2. The minimum Gasteiger partial charge on any atom is -0.544 e. The van der Waals surface area contributed by atoms with E-state index in [0.29, 0.717) is 4.48 Å². The number of hydrogen-bond donors (Lipinski definition) is 0. The summed E-state index contributed by atoms with van der Waals surface area (Å²) >= 11 is 0. The van der Waals surface area contributed by atoms with E-state index < -0.39 is 5.97 Å². The fourth-order valence-electron chi connectivity index (χ4n) is 2.11. The van der Waals surface area contributed by atoms with Crippen molar-refractivity contribution in [3.63, 3.8) is 0 Å². The van der Waals surface area contributed by atoms with Gasteiger partial charge in [0.1, 0.15) is 6.54 Å². The van der Waals surface area contributed by atoms with Crippen LogP contribution in [0.2, 0.25) is 0 Å². The van der Waals surface area contributed by atoms with Crippen molar-refractivity contribution in [3.05, 3.63) is 54.6 Å². The lowest BCUT2D eigenvalue weighted by atomic mass is 10.1. The Labute approximate surface area is 130 Å². The molecule has 1 aromatic heterocycles. The summed E-state index contributed by atoms with van der Waals surface area (Å²) in [7, 11) is 5.40. The van der Waals surface area contributed by atoms with E-state index >= 15 is 0 Å². The van der Waals surface area contributed by atoms with Crippen molar-refractivity contribution in [2.75, 3.05) is 27.7 Å². The molecule has 0 saturated heterocycles. The summed E-state index contributed by atoms with van der Waals surface area (Å²) in [5, 5.41) is 12.3. The van der Waals surface area contributed by atoms with E-state index in [4.69, 9.17) is 0 Å². The molecule has 4 heteroatoms. The molecule has 0 atom stereocenters. The Balaban J connectivity index is 0.000000192. The number of benzene rings is 2. The van der Waals surface area contributed by atoms with Gasteiger partial charge in [0, 0.05) is 10.8 Å². The third-order valence-corrected chi connectivity index (χ3v) is 3.03. The topological polar surface area (TPSA) is 53.0 Å². The summed E-state index contributed by atoms with van der Waals surface area (Å²) in [6.45, 7) is 0.0694. The maximum Gasteiger partial charge on any atom is 0.118 e. The van der Waals surface area contributed by atoms with E-state index in [9.17, 15) is 9.90 Å². The molecule has 22 heavy (non-hydrogen) atoms. The molecule has 0 unspecified atom stereocenters. The Morgan fingerprint density at radius 2 is 1.41 bits per heavy atom. The minimum absolute atomic E-state index is 0.0694. The van der Waals surface area contributed by atoms with Crippen molar-refractivity contribution in [2.24, 2.45) is 0 Å². The second kappa shape index (κ2) is 6.54. The van der Waals surface area contributed by atoms with Crippen molar-refractivity contribution in [1.29, 1.82) is 0 Å². The SMILES string of the molecule is C[N+](C)(C)CC(=O)[O-].c1ccc2nc3ccccc3cc2c1. The molecule has 2 aromatic carbocycles. The number of quaternary nitrogens is 1. The molecule has 114 valence electrons. The van der Waals surface area contributed by atoms with Gasteiger partial charge >= 0.3 is 0 Å². The predicted molar refractivity (Wildman–Crippen MR) is 87.2 cm³/mol. The van der Waals surface area contributed by atoms with Gasteiger partial charge in [-0.1, -0.05) is 36.4 Å². The zero-order valence-electron chi connectivity index (χ0n) is 13.1. The zero-order valence-corrected chi connectivity index (χ0v) is 13.1. The highest BCUT2D eigenvalue weighted by Gasteiger charge is 2.04. The standard InChI is InChI=1S/C13H9N.C5H11NO2/c1-3-7-12-10(5-1)9-11-6-2-4-8-13(11)14-12;1-6(2,3)4-5(7)8/h1-9H;4H2,1-3H3. The fraction of sp³-hybridized carbons (Fsp3) is 0.222. The average Bonchev–Trinajstić information content (AvgIpc) is 2.43. The maximum atomic E-state index is 9.89. The van der Waals surface area contributed by atoms with Crippen LogP contribution in [0, 0.1) is 0 Å². The van der Waals surface area contributed by atoms with Crippen molar-refractivity contribution >= 4 is 27.8 Å². The second-order valence-electron chi connectivity index (χ2n) is 6.19. The smallest absolute Gasteiger partial charge is 0.118 e. The first-order chi connectivity index (χ1) is 10.3. The summed E-state index contributed by atoms with van der Waals surface area (Å²) in [5.74, 6) is -1.00. The van der Waals surface area contributed by atoms with Gasteiger partial charge in [-0.2, -0.15) is 0 Å². The number of para-hydroxylation sites is 2. The van der Waals surface area contributed by atoms with Crippen LogP contribution in [0.3, 0.4) is 0 Å². The quantitative estimate of drug-likeness (QED) is 0.535. The van der Waals surface area contributed by atoms with Gasteiger partial charge in [-0.15, -0.1) is 0 Å². The molecule has 0 radical (unpaired) electrons. The lowest BCUT2D eigenvalue weighted by Gasteiger charge is -2.23. The molecule has 0 spiro atoms. The highest BCUT2D eigenvalue weighted by atomic mass is 16.4. The van der Waals surface area contributed by atoms with Crippen LogP contribution >= 0.6 is 0 Å².